The van der Waals surface area contributed by atoms with E-state index in [9.17, 15) is 13.2 Å². The van der Waals surface area contributed by atoms with Gasteiger partial charge in [0.25, 0.3) is 0 Å². The monoisotopic (exact) mass is 285 g/mol. The Morgan fingerprint density at radius 1 is 1.32 bits per heavy atom. The van der Waals surface area contributed by atoms with E-state index in [-0.39, 0.29) is 18.2 Å². The molecule has 0 bridgehead atoms. The molecule has 1 atom stereocenters. The first-order chi connectivity index (χ1) is 8.86. The van der Waals surface area contributed by atoms with Crippen LogP contribution in [0.3, 0.4) is 0 Å². The maximum absolute atomic E-state index is 12.1. The lowest BCUT2D eigenvalue weighted by Gasteiger charge is -2.21. The molecule has 0 amide bonds. The molecule has 0 aliphatic carbocycles. The summed E-state index contributed by atoms with van der Waals surface area (Å²) in [6.07, 6.45) is 0. The molecule has 1 aromatic rings. The summed E-state index contributed by atoms with van der Waals surface area (Å²) in [4.78, 5) is 10.7. The minimum atomic E-state index is -3.56. The van der Waals surface area contributed by atoms with Crippen LogP contribution in [0.2, 0.25) is 0 Å². The first-order valence-electron chi connectivity index (χ1n) is 6.11. The first-order valence-corrected chi connectivity index (χ1v) is 7.72. The lowest BCUT2D eigenvalue weighted by atomic mass is 10.0. The average Bonchev–Trinajstić information content (AvgIpc) is 2.36. The Morgan fingerprint density at radius 3 is 2.37 bits per heavy atom. The molecule has 0 spiro atoms. The topological polar surface area (TPSA) is 74.7 Å². The van der Waals surface area contributed by atoms with Gasteiger partial charge in [0, 0.05) is 6.54 Å². The molecule has 0 aromatic heterocycles. The summed E-state index contributed by atoms with van der Waals surface area (Å²) in [5, 5.41) is 8.72. The Morgan fingerprint density at radius 2 is 1.89 bits per heavy atom. The summed E-state index contributed by atoms with van der Waals surface area (Å²) >= 11 is 0. The Labute approximate surface area is 113 Å². The van der Waals surface area contributed by atoms with Gasteiger partial charge in [-0.3, -0.25) is 4.79 Å². The SMILES string of the molecule is CCN(CC(=O)O)S(=O)(=O)CC(C)c1ccccc1. The van der Waals surface area contributed by atoms with Crippen molar-refractivity contribution < 1.29 is 18.3 Å². The zero-order valence-corrected chi connectivity index (χ0v) is 11.9. The molecule has 1 unspecified atom stereocenters. The molecule has 106 valence electrons. The van der Waals surface area contributed by atoms with Crippen molar-refractivity contribution in [1.29, 1.82) is 0 Å². The number of sulfonamides is 1. The maximum Gasteiger partial charge on any atom is 0.318 e. The molecule has 0 saturated heterocycles. The van der Waals surface area contributed by atoms with Gasteiger partial charge in [0.15, 0.2) is 0 Å². The van der Waals surface area contributed by atoms with Crippen molar-refractivity contribution in [2.45, 2.75) is 19.8 Å². The van der Waals surface area contributed by atoms with E-state index in [0.717, 1.165) is 9.87 Å². The number of rotatable bonds is 7. The third kappa shape index (κ3) is 4.65. The standard InChI is InChI=1S/C13H19NO4S/c1-3-14(9-13(15)16)19(17,18)10-11(2)12-7-5-4-6-8-12/h4-8,11H,3,9-10H2,1-2H3,(H,15,16). The molecule has 0 aliphatic rings. The summed E-state index contributed by atoms with van der Waals surface area (Å²) < 4.78 is 25.3. The number of aliphatic carboxylic acids is 1. The Balaban J connectivity index is 2.81. The number of carbonyl (C=O) groups is 1. The minimum Gasteiger partial charge on any atom is -0.480 e. The summed E-state index contributed by atoms with van der Waals surface area (Å²) in [5.41, 5.74) is 0.928. The van der Waals surface area contributed by atoms with Crippen LogP contribution >= 0.6 is 0 Å². The predicted octanol–water partition coefficient (Wildman–Crippen LogP) is 1.53. The number of hydrogen-bond donors (Lipinski definition) is 1. The maximum atomic E-state index is 12.1. The molecule has 0 aliphatic heterocycles. The van der Waals surface area contributed by atoms with Crippen molar-refractivity contribution in [2.75, 3.05) is 18.8 Å². The van der Waals surface area contributed by atoms with Crippen LogP contribution in [-0.2, 0) is 14.8 Å². The quantitative estimate of drug-likeness (QED) is 0.824. The molecule has 0 heterocycles. The fourth-order valence-corrected chi connectivity index (χ4v) is 3.59. The predicted molar refractivity (Wildman–Crippen MR) is 73.5 cm³/mol. The van der Waals surface area contributed by atoms with Gasteiger partial charge in [0.05, 0.1) is 5.75 Å². The van der Waals surface area contributed by atoms with E-state index in [4.69, 9.17) is 5.11 Å². The highest BCUT2D eigenvalue weighted by atomic mass is 32.2. The highest BCUT2D eigenvalue weighted by Crippen LogP contribution is 2.18. The third-order valence-corrected chi connectivity index (χ3v) is 4.98. The van der Waals surface area contributed by atoms with Crippen LogP contribution < -0.4 is 0 Å². The van der Waals surface area contributed by atoms with E-state index < -0.39 is 22.5 Å². The van der Waals surface area contributed by atoms with Crippen molar-refractivity contribution in [2.24, 2.45) is 0 Å². The Hall–Kier alpha value is -1.40. The van der Waals surface area contributed by atoms with Crippen LogP contribution in [0, 0.1) is 0 Å². The van der Waals surface area contributed by atoms with Crippen molar-refractivity contribution in [3.63, 3.8) is 0 Å². The molecule has 1 N–H and O–H groups in total. The number of hydrogen-bond acceptors (Lipinski definition) is 3. The van der Waals surface area contributed by atoms with Crippen LogP contribution in [0.5, 0.6) is 0 Å². The van der Waals surface area contributed by atoms with E-state index in [1.807, 2.05) is 37.3 Å². The normalized spacial score (nSPS) is 13.4. The molecule has 19 heavy (non-hydrogen) atoms. The minimum absolute atomic E-state index is 0.0852. The average molecular weight is 285 g/mol. The van der Waals surface area contributed by atoms with Crippen LogP contribution in [0.15, 0.2) is 30.3 Å². The summed E-state index contributed by atoms with van der Waals surface area (Å²) in [5.74, 6) is -1.40. The van der Waals surface area contributed by atoms with E-state index in [1.165, 1.54) is 0 Å². The Kier molecular flexibility index (Phi) is 5.50. The molecule has 1 aromatic carbocycles. The van der Waals surface area contributed by atoms with Crippen molar-refractivity contribution in [3.05, 3.63) is 35.9 Å². The summed E-state index contributed by atoms with van der Waals surface area (Å²) in [6, 6.07) is 9.31. The van der Waals surface area contributed by atoms with Gasteiger partial charge in [-0.1, -0.05) is 44.2 Å². The second-order valence-electron chi connectivity index (χ2n) is 4.41. The molecular weight excluding hydrogens is 266 g/mol. The molecule has 0 saturated carbocycles. The Bertz CT molecular complexity index is 513. The van der Waals surface area contributed by atoms with Crippen LogP contribution in [0.1, 0.15) is 25.3 Å². The highest BCUT2D eigenvalue weighted by Gasteiger charge is 2.25. The van der Waals surface area contributed by atoms with E-state index in [0.29, 0.717) is 0 Å². The van der Waals surface area contributed by atoms with Gasteiger partial charge in [-0.15, -0.1) is 0 Å². The number of carboxylic acid groups (broad SMARTS) is 1. The summed E-state index contributed by atoms with van der Waals surface area (Å²) in [6.45, 7) is 3.13. The fourth-order valence-electron chi connectivity index (χ4n) is 1.86. The zero-order chi connectivity index (χ0) is 14.5. The van der Waals surface area contributed by atoms with E-state index >= 15 is 0 Å². The van der Waals surface area contributed by atoms with Gasteiger partial charge in [-0.2, -0.15) is 4.31 Å². The second-order valence-corrected chi connectivity index (χ2v) is 6.42. The van der Waals surface area contributed by atoms with Gasteiger partial charge in [0.2, 0.25) is 10.0 Å². The third-order valence-electron chi connectivity index (χ3n) is 2.89. The summed E-state index contributed by atoms with van der Waals surface area (Å²) in [7, 11) is -3.56. The first kappa shape index (κ1) is 15.7. The van der Waals surface area contributed by atoms with E-state index in [1.54, 1.807) is 6.92 Å². The molecule has 1 rings (SSSR count). The van der Waals surface area contributed by atoms with Gasteiger partial charge >= 0.3 is 5.97 Å². The van der Waals surface area contributed by atoms with Crippen LogP contribution in [0.25, 0.3) is 0 Å². The molecular formula is C13H19NO4S. The van der Waals surface area contributed by atoms with Crippen molar-refractivity contribution in [1.82, 2.24) is 4.31 Å². The molecule has 0 fully saturated rings. The van der Waals surface area contributed by atoms with Crippen molar-refractivity contribution in [3.8, 4) is 0 Å². The van der Waals surface area contributed by atoms with Gasteiger partial charge in [0.1, 0.15) is 6.54 Å². The van der Waals surface area contributed by atoms with Gasteiger partial charge in [-0.25, -0.2) is 8.42 Å². The molecule has 5 nitrogen and oxygen atoms in total. The lowest BCUT2D eigenvalue weighted by Crippen LogP contribution is -2.38. The zero-order valence-electron chi connectivity index (χ0n) is 11.1. The van der Waals surface area contributed by atoms with Gasteiger partial charge in [-0.05, 0) is 11.5 Å². The highest BCUT2D eigenvalue weighted by molar-refractivity contribution is 7.89. The number of benzene rings is 1. The number of nitrogens with zero attached hydrogens (tertiary/aromatic N) is 1. The number of likely N-dealkylation sites (N-methyl/N-ethyl adjacent to an activating group) is 1. The van der Waals surface area contributed by atoms with Crippen molar-refractivity contribution >= 4 is 16.0 Å². The lowest BCUT2D eigenvalue weighted by molar-refractivity contribution is -0.137. The fraction of sp³-hybridized carbons (Fsp3) is 0.462. The second kappa shape index (κ2) is 6.68. The molecule has 0 radical (unpaired) electrons. The van der Waals surface area contributed by atoms with Gasteiger partial charge < -0.3 is 5.11 Å². The van der Waals surface area contributed by atoms with E-state index in [2.05, 4.69) is 0 Å². The van der Waals surface area contributed by atoms with Crippen LogP contribution in [0.4, 0.5) is 0 Å². The smallest absolute Gasteiger partial charge is 0.318 e. The molecule has 6 heteroatoms. The van der Waals surface area contributed by atoms with Crippen LogP contribution in [-0.4, -0.2) is 42.6 Å². The largest absolute Gasteiger partial charge is 0.480 e. The number of carboxylic acids is 1.